The van der Waals surface area contributed by atoms with E-state index in [2.05, 4.69) is 4.72 Å². The summed E-state index contributed by atoms with van der Waals surface area (Å²) in [5, 5.41) is 9.63. The van der Waals surface area contributed by atoms with Crippen LogP contribution in [0.5, 0.6) is 5.75 Å². The number of aromatic hydroxyl groups is 1. The standard InChI is InChI=1S/C10H14N2O4S/c1-12(2)10(14)8-5-4-7(6-9(8)13)11-17(3,15)16/h4-6,11,13H,1-3H3. The zero-order chi connectivity index (χ0) is 13.2. The van der Waals surface area contributed by atoms with Crippen molar-refractivity contribution in [2.75, 3.05) is 25.1 Å². The summed E-state index contributed by atoms with van der Waals surface area (Å²) in [5.74, 6) is -0.620. The number of carbonyl (C=O) groups excluding carboxylic acids is 1. The van der Waals surface area contributed by atoms with E-state index in [0.717, 1.165) is 6.26 Å². The fourth-order valence-electron chi connectivity index (χ4n) is 1.23. The van der Waals surface area contributed by atoms with Crippen LogP contribution in [0, 0.1) is 0 Å². The molecule has 1 rings (SSSR count). The average Bonchev–Trinajstić information content (AvgIpc) is 2.14. The number of hydrogen-bond donors (Lipinski definition) is 2. The zero-order valence-corrected chi connectivity index (χ0v) is 10.6. The minimum Gasteiger partial charge on any atom is -0.507 e. The molecule has 0 heterocycles. The number of nitrogens with zero attached hydrogens (tertiary/aromatic N) is 1. The maximum atomic E-state index is 11.6. The van der Waals surface area contributed by atoms with E-state index < -0.39 is 10.0 Å². The number of hydrogen-bond acceptors (Lipinski definition) is 4. The third kappa shape index (κ3) is 3.63. The third-order valence-corrected chi connectivity index (χ3v) is 2.54. The van der Waals surface area contributed by atoms with Crippen molar-refractivity contribution in [3.05, 3.63) is 23.8 Å². The van der Waals surface area contributed by atoms with Crippen LogP contribution in [0.3, 0.4) is 0 Å². The zero-order valence-electron chi connectivity index (χ0n) is 9.76. The molecule has 94 valence electrons. The van der Waals surface area contributed by atoms with Crippen molar-refractivity contribution in [1.29, 1.82) is 0 Å². The van der Waals surface area contributed by atoms with Crippen molar-refractivity contribution in [1.82, 2.24) is 4.90 Å². The monoisotopic (exact) mass is 258 g/mol. The summed E-state index contributed by atoms with van der Waals surface area (Å²) in [6.45, 7) is 0. The largest absolute Gasteiger partial charge is 0.507 e. The van der Waals surface area contributed by atoms with Gasteiger partial charge in [0.2, 0.25) is 10.0 Å². The molecular weight excluding hydrogens is 244 g/mol. The topological polar surface area (TPSA) is 86.7 Å². The molecule has 6 nitrogen and oxygen atoms in total. The molecule has 0 saturated carbocycles. The molecule has 0 bridgehead atoms. The number of benzene rings is 1. The molecule has 0 aliphatic carbocycles. The van der Waals surface area contributed by atoms with Gasteiger partial charge in [-0.1, -0.05) is 0 Å². The summed E-state index contributed by atoms with van der Waals surface area (Å²) < 4.78 is 24.1. The third-order valence-electron chi connectivity index (χ3n) is 1.94. The normalized spacial score (nSPS) is 11.0. The van der Waals surface area contributed by atoms with Gasteiger partial charge in [0.1, 0.15) is 5.75 Å². The molecule has 1 aromatic carbocycles. The highest BCUT2D eigenvalue weighted by atomic mass is 32.2. The van der Waals surface area contributed by atoms with E-state index in [9.17, 15) is 18.3 Å². The van der Waals surface area contributed by atoms with E-state index >= 15 is 0 Å². The number of phenols is 1. The lowest BCUT2D eigenvalue weighted by atomic mass is 10.1. The summed E-state index contributed by atoms with van der Waals surface area (Å²) in [7, 11) is -0.280. The van der Waals surface area contributed by atoms with E-state index in [1.165, 1.54) is 23.1 Å². The first-order valence-corrected chi connectivity index (χ1v) is 6.62. The maximum Gasteiger partial charge on any atom is 0.257 e. The Bertz CT molecular complexity index is 537. The van der Waals surface area contributed by atoms with Crippen LogP contribution in [-0.4, -0.2) is 44.7 Å². The van der Waals surface area contributed by atoms with E-state index in [1.54, 1.807) is 14.1 Å². The van der Waals surface area contributed by atoms with E-state index in [-0.39, 0.29) is 22.9 Å². The lowest BCUT2D eigenvalue weighted by Crippen LogP contribution is -2.21. The maximum absolute atomic E-state index is 11.6. The van der Waals surface area contributed by atoms with Gasteiger partial charge in [-0.3, -0.25) is 9.52 Å². The molecule has 1 amide bonds. The Morgan fingerprint density at radius 3 is 2.35 bits per heavy atom. The van der Waals surface area contributed by atoms with Gasteiger partial charge >= 0.3 is 0 Å². The van der Waals surface area contributed by atoms with Crippen molar-refractivity contribution in [2.24, 2.45) is 0 Å². The molecule has 0 atom stereocenters. The molecule has 0 spiro atoms. The Morgan fingerprint density at radius 2 is 1.94 bits per heavy atom. The van der Waals surface area contributed by atoms with Crippen LogP contribution < -0.4 is 4.72 Å². The van der Waals surface area contributed by atoms with Crippen molar-refractivity contribution in [2.45, 2.75) is 0 Å². The van der Waals surface area contributed by atoms with Gasteiger partial charge in [-0.25, -0.2) is 8.42 Å². The molecule has 0 radical (unpaired) electrons. The van der Waals surface area contributed by atoms with Gasteiger partial charge < -0.3 is 10.0 Å². The van der Waals surface area contributed by atoms with Gasteiger partial charge in [-0.2, -0.15) is 0 Å². The van der Waals surface area contributed by atoms with Gasteiger partial charge in [0.15, 0.2) is 0 Å². The van der Waals surface area contributed by atoms with Crippen LogP contribution in [-0.2, 0) is 10.0 Å². The fraction of sp³-hybridized carbons (Fsp3) is 0.300. The molecule has 0 aromatic heterocycles. The molecular formula is C10H14N2O4S. The smallest absolute Gasteiger partial charge is 0.257 e. The number of phenolic OH excluding ortho intramolecular Hbond substituents is 1. The predicted molar refractivity (Wildman–Crippen MR) is 64.6 cm³/mol. The van der Waals surface area contributed by atoms with E-state index in [0.29, 0.717) is 0 Å². The fourth-order valence-corrected chi connectivity index (χ4v) is 1.79. The van der Waals surface area contributed by atoms with Crippen LogP contribution in [0.4, 0.5) is 5.69 Å². The highest BCUT2D eigenvalue weighted by Gasteiger charge is 2.14. The molecule has 0 aliphatic heterocycles. The number of rotatable bonds is 3. The number of anilines is 1. The number of amides is 1. The van der Waals surface area contributed by atoms with E-state index in [4.69, 9.17) is 0 Å². The average molecular weight is 258 g/mol. The van der Waals surface area contributed by atoms with Gasteiger partial charge in [0.25, 0.3) is 5.91 Å². The second kappa shape index (κ2) is 4.62. The van der Waals surface area contributed by atoms with Crippen LogP contribution in [0.1, 0.15) is 10.4 Å². The van der Waals surface area contributed by atoms with Gasteiger partial charge in [-0.15, -0.1) is 0 Å². The summed E-state index contributed by atoms with van der Waals surface area (Å²) >= 11 is 0. The Hall–Kier alpha value is -1.76. The molecule has 7 heteroatoms. The van der Waals surface area contributed by atoms with Gasteiger partial charge in [0.05, 0.1) is 17.5 Å². The number of carbonyl (C=O) groups is 1. The summed E-state index contributed by atoms with van der Waals surface area (Å²) in [6, 6.07) is 3.97. The summed E-state index contributed by atoms with van der Waals surface area (Å²) in [4.78, 5) is 12.9. The first kappa shape index (κ1) is 13.3. The Labute approximate surface area is 99.9 Å². The first-order valence-electron chi connectivity index (χ1n) is 4.73. The second-order valence-corrected chi connectivity index (χ2v) is 5.55. The van der Waals surface area contributed by atoms with Crippen LogP contribution >= 0.6 is 0 Å². The lowest BCUT2D eigenvalue weighted by molar-refractivity contribution is 0.0824. The van der Waals surface area contributed by atoms with Crippen LogP contribution in [0.25, 0.3) is 0 Å². The quantitative estimate of drug-likeness (QED) is 0.825. The minimum absolute atomic E-state index is 0.119. The molecule has 0 unspecified atom stereocenters. The SMILES string of the molecule is CN(C)C(=O)c1ccc(NS(C)(=O)=O)cc1O. The minimum atomic E-state index is -3.40. The number of sulfonamides is 1. The molecule has 17 heavy (non-hydrogen) atoms. The molecule has 0 fully saturated rings. The molecule has 0 saturated heterocycles. The van der Waals surface area contributed by atoms with Crippen molar-refractivity contribution >= 4 is 21.6 Å². The van der Waals surface area contributed by atoms with Crippen LogP contribution in [0.2, 0.25) is 0 Å². The van der Waals surface area contributed by atoms with E-state index in [1.807, 2.05) is 0 Å². The van der Waals surface area contributed by atoms with Crippen LogP contribution in [0.15, 0.2) is 18.2 Å². The first-order chi connectivity index (χ1) is 7.70. The Morgan fingerprint density at radius 1 is 1.35 bits per heavy atom. The highest BCUT2D eigenvalue weighted by molar-refractivity contribution is 7.92. The van der Waals surface area contributed by atoms with Gasteiger partial charge in [0, 0.05) is 20.2 Å². The summed E-state index contributed by atoms with van der Waals surface area (Å²) in [5.41, 5.74) is 0.328. The second-order valence-electron chi connectivity index (χ2n) is 3.81. The van der Waals surface area contributed by atoms with Crippen molar-refractivity contribution in [3.8, 4) is 5.75 Å². The highest BCUT2D eigenvalue weighted by Crippen LogP contribution is 2.23. The summed E-state index contributed by atoms with van der Waals surface area (Å²) in [6.07, 6.45) is 1.00. The lowest BCUT2D eigenvalue weighted by Gasteiger charge is -2.12. The Kier molecular flexibility index (Phi) is 3.62. The predicted octanol–water partition coefficient (Wildman–Crippen LogP) is 0.465. The van der Waals surface area contributed by atoms with Crippen molar-refractivity contribution < 1.29 is 18.3 Å². The van der Waals surface area contributed by atoms with Crippen molar-refractivity contribution in [3.63, 3.8) is 0 Å². The van der Waals surface area contributed by atoms with Gasteiger partial charge in [-0.05, 0) is 12.1 Å². The number of nitrogens with one attached hydrogen (secondary N) is 1. The Balaban J connectivity index is 3.06. The molecule has 0 aliphatic rings. The molecule has 1 aromatic rings. The molecule has 2 N–H and O–H groups in total.